The summed E-state index contributed by atoms with van der Waals surface area (Å²) in [5.74, 6) is -0.219. The summed E-state index contributed by atoms with van der Waals surface area (Å²) in [6.07, 6.45) is 0. The molecule has 3 rings (SSSR count). The second-order valence-electron chi connectivity index (χ2n) is 5.00. The van der Waals surface area contributed by atoms with Gasteiger partial charge in [0.25, 0.3) is 5.91 Å². The molecule has 0 bridgehead atoms. The number of aryl methyl sites for hydroxylation is 1. The molecule has 0 saturated heterocycles. The van der Waals surface area contributed by atoms with E-state index in [-0.39, 0.29) is 5.91 Å². The Hall–Kier alpha value is -2.40. The van der Waals surface area contributed by atoms with Crippen LogP contribution in [0.1, 0.15) is 16.1 Å². The maximum atomic E-state index is 12.2. The van der Waals surface area contributed by atoms with Crippen LogP contribution in [0, 0.1) is 6.92 Å². The fourth-order valence-electron chi connectivity index (χ4n) is 2.07. The van der Waals surface area contributed by atoms with Gasteiger partial charge in [-0.15, -0.1) is 0 Å². The molecule has 0 atom stereocenters. The minimum absolute atomic E-state index is 0.219. The molecule has 22 heavy (non-hydrogen) atoms. The van der Waals surface area contributed by atoms with Crippen LogP contribution in [0.25, 0.3) is 11.3 Å². The van der Waals surface area contributed by atoms with E-state index in [4.69, 9.17) is 0 Å². The normalized spacial score (nSPS) is 10.5. The predicted molar refractivity (Wildman–Crippen MR) is 90.9 cm³/mol. The van der Waals surface area contributed by atoms with Gasteiger partial charge in [0.15, 0.2) is 0 Å². The number of amides is 1. The fraction of sp³-hybridized carbons (Fsp3) is 0.0588. The molecule has 3 aromatic rings. The molecule has 0 aliphatic rings. The van der Waals surface area contributed by atoms with E-state index in [0.717, 1.165) is 21.4 Å². The van der Waals surface area contributed by atoms with E-state index in [2.05, 4.69) is 31.4 Å². The van der Waals surface area contributed by atoms with Crippen LogP contribution in [-0.2, 0) is 0 Å². The van der Waals surface area contributed by atoms with Crippen LogP contribution in [0.4, 0.5) is 5.69 Å². The number of hydrogen-bond donors (Lipinski definition) is 2. The minimum atomic E-state index is -0.219. The first-order valence-electron chi connectivity index (χ1n) is 6.81. The molecule has 0 radical (unpaired) electrons. The molecule has 2 N–H and O–H groups in total. The molecular formula is C17H14BrN3O. The Morgan fingerprint density at radius 1 is 1.14 bits per heavy atom. The van der Waals surface area contributed by atoms with Crippen molar-refractivity contribution < 1.29 is 4.79 Å². The molecule has 5 heteroatoms. The van der Waals surface area contributed by atoms with Crippen LogP contribution in [0.3, 0.4) is 0 Å². The summed E-state index contributed by atoms with van der Waals surface area (Å²) >= 11 is 3.38. The highest BCUT2D eigenvalue weighted by molar-refractivity contribution is 9.10. The van der Waals surface area contributed by atoms with Crippen LogP contribution in [-0.4, -0.2) is 16.1 Å². The molecule has 1 amide bonds. The summed E-state index contributed by atoms with van der Waals surface area (Å²) in [6.45, 7) is 2.03. The van der Waals surface area contributed by atoms with E-state index in [1.165, 1.54) is 5.56 Å². The zero-order chi connectivity index (χ0) is 15.5. The number of rotatable bonds is 3. The van der Waals surface area contributed by atoms with Gasteiger partial charge < -0.3 is 5.32 Å². The lowest BCUT2D eigenvalue weighted by molar-refractivity contribution is 0.102. The standard InChI is InChI=1S/C17H14BrN3O/c1-11-5-7-12(8-6-11)15-10-16(21-20-15)17(22)19-14-4-2-3-13(18)9-14/h2-10H,1H3,(H,19,22)(H,20,21). The largest absolute Gasteiger partial charge is 0.321 e. The van der Waals surface area contributed by atoms with E-state index in [9.17, 15) is 4.79 Å². The van der Waals surface area contributed by atoms with Gasteiger partial charge in [0.1, 0.15) is 5.69 Å². The van der Waals surface area contributed by atoms with Crippen LogP contribution in [0.2, 0.25) is 0 Å². The van der Waals surface area contributed by atoms with Gasteiger partial charge in [-0.05, 0) is 31.2 Å². The zero-order valence-corrected chi connectivity index (χ0v) is 13.5. The highest BCUT2D eigenvalue weighted by atomic mass is 79.9. The van der Waals surface area contributed by atoms with Crippen molar-refractivity contribution in [1.29, 1.82) is 0 Å². The molecule has 0 fully saturated rings. The van der Waals surface area contributed by atoms with E-state index in [1.54, 1.807) is 6.07 Å². The van der Waals surface area contributed by atoms with Crippen molar-refractivity contribution in [3.8, 4) is 11.3 Å². The topological polar surface area (TPSA) is 57.8 Å². The molecule has 0 saturated carbocycles. The number of H-pyrrole nitrogens is 1. The number of nitrogens with zero attached hydrogens (tertiary/aromatic N) is 1. The van der Waals surface area contributed by atoms with E-state index >= 15 is 0 Å². The maximum Gasteiger partial charge on any atom is 0.273 e. The molecule has 0 aliphatic heterocycles. The number of halogens is 1. The molecule has 0 unspecified atom stereocenters. The van der Waals surface area contributed by atoms with Crippen LogP contribution >= 0.6 is 15.9 Å². The Morgan fingerprint density at radius 2 is 1.91 bits per heavy atom. The van der Waals surface area contributed by atoms with Gasteiger partial charge >= 0.3 is 0 Å². The smallest absolute Gasteiger partial charge is 0.273 e. The Morgan fingerprint density at radius 3 is 2.64 bits per heavy atom. The third-order valence-electron chi connectivity index (χ3n) is 3.25. The minimum Gasteiger partial charge on any atom is -0.321 e. The highest BCUT2D eigenvalue weighted by Gasteiger charge is 2.11. The van der Waals surface area contributed by atoms with Gasteiger partial charge in [-0.25, -0.2) is 0 Å². The summed E-state index contributed by atoms with van der Waals surface area (Å²) in [4.78, 5) is 12.2. The average Bonchev–Trinajstić information content (AvgIpc) is 2.98. The van der Waals surface area contributed by atoms with Gasteiger partial charge in [0, 0.05) is 15.7 Å². The molecule has 2 aromatic carbocycles. The SMILES string of the molecule is Cc1ccc(-c2cc(C(=O)Nc3cccc(Br)c3)[nH]n2)cc1. The third kappa shape index (κ3) is 3.26. The van der Waals surface area contributed by atoms with Gasteiger partial charge in [0.2, 0.25) is 0 Å². The number of nitrogens with one attached hydrogen (secondary N) is 2. The van der Waals surface area contributed by atoms with Gasteiger partial charge in [0.05, 0.1) is 5.69 Å². The average molecular weight is 356 g/mol. The first-order chi connectivity index (χ1) is 10.6. The Kier molecular flexibility index (Phi) is 4.06. The molecule has 1 heterocycles. The van der Waals surface area contributed by atoms with Gasteiger partial charge in [-0.1, -0.05) is 51.8 Å². The van der Waals surface area contributed by atoms with Crippen LogP contribution in [0.5, 0.6) is 0 Å². The number of carbonyl (C=O) groups excluding carboxylic acids is 1. The van der Waals surface area contributed by atoms with Crippen LogP contribution < -0.4 is 5.32 Å². The maximum absolute atomic E-state index is 12.2. The third-order valence-corrected chi connectivity index (χ3v) is 3.75. The number of benzene rings is 2. The molecule has 0 spiro atoms. The number of anilines is 1. The van der Waals surface area contributed by atoms with E-state index in [0.29, 0.717) is 5.69 Å². The molecule has 1 aromatic heterocycles. The predicted octanol–water partition coefficient (Wildman–Crippen LogP) is 4.40. The van der Waals surface area contributed by atoms with Crippen molar-refractivity contribution in [2.24, 2.45) is 0 Å². The van der Waals surface area contributed by atoms with E-state index in [1.807, 2.05) is 55.5 Å². The first kappa shape index (κ1) is 14.5. The van der Waals surface area contributed by atoms with Crippen molar-refractivity contribution in [2.45, 2.75) is 6.92 Å². The number of aromatic amines is 1. The Labute approximate surface area is 136 Å². The summed E-state index contributed by atoms with van der Waals surface area (Å²) < 4.78 is 0.912. The Bertz CT molecular complexity index is 809. The first-order valence-corrected chi connectivity index (χ1v) is 7.60. The number of hydrogen-bond acceptors (Lipinski definition) is 2. The summed E-state index contributed by atoms with van der Waals surface area (Å²) in [7, 11) is 0. The van der Waals surface area contributed by atoms with E-state index < -0.39 is 0 Å². The summed E-state index contributed by atoms with van der Waals surface area (Å²) in [5, 5.41) is 9.81. The highest BCUT2D eigenvalue weighted by Crippen LogP contribution is 2.20. The van der Waals surface area contributed by atoms with Gasteiger partial charge in [-0.2, -0.15) is 5.10 Å². The second kappa shape index (κ2) is 6.15. The van der Waals surface area contributed by atoms with Crippen molar-refractivity contribution in [2.75, 3.05) is 5.32 Å². The van der Waals surface area contributed by atoms with Crippen molar-refractivity contribution in [3.05, 3.63) is 70.3 Å². The van der Waals surface area contributed by atoms with Crippen molar-refractivity contribution in [3.63, 3.8) is 0 Å². The number of carbonyl (C=O) groups is 1. The summed E-state index contributed by atoms with van der Waals surface area (Å²) in [5.41, 5.74) is 4.07. The van der Waals surface area contributed by atoms with Crippen molar-refractivity contribution >= 4 is 27.5 Å². The molecular weight excluding hydrogens is 342 g/mol. The molecule has 110 valence electrons. The monoisotopic (exact) mass is 355 g/mol. The lowest BCUT2D eigenvalue weighted by Crippen LogP contribution is -2.12. The summed E-state index contributed by atoms with van der Waals surface area (Å²) in [6, 6.07) is 17.2. The van der Waals surface area contributed by atoms with Crippen molar-refractivity contribution in [1.82, 2.24) is 10.2 Å². The quantitative estimate of drug-likeness (QED) is 0.731. The number of aromatic nitrogens is 2. The van der Waals surface area contributed by atoms with Crippen LogP contribution in [0.15, 0.2) is 59.1 Å². The van der Waals surface area contributed by atoms with Gasteiger partial charge in [-0.3, -0.25) is 9.89 Å². The molecule has 4 nitrogen and oxygen atoms in total. The zero-order valence-electron chi connectivity index (χ0n) is 11.9. The second-order valence-corrected chi connectivity index (χ2v) is 5.91. The fourth-order valence-corrected chi connectivity index (χ4v) is 2.47. The Balaban J connectivity index is 1.78. The lowest BCUT2D eigenvalue weighted by atomic mass is 10.1. The molecule has 0 aliphatic carbocycles. The lowest BCUT2D eigenvalue weighted by Gasteiger charge is -2.03.